The molecule has 3 heteroatoms. The maximum Gasteiger partial charge on any atom is 0.252 e. The van der Waals surface area contributed by atoms with E-state index in [0.29, 0.717) is 0 Å². The van der Waals surface area contributed by atoms with Crippen molar-refractivity contribution >= 4 is 77.5 Å². The number of nitrogens with zero attached hydrogens (tertiary/aromatic N) is 2. The summed E-state index contributed by atoms with van der Waals surface area (Å²) in [5.41, 5.74) is 26.1. The monoisotopic (exact) mass is 836 g/mol. The Kier molecular flexibility index (Phi) is 6.38. The highest BCUT2D eigenvalue weighted by molar-refractivity contribution is 7.00. The highest BCUT2D eigenvalue weighted by atomic mass is 15.1. The minimum Gasteiger partial charge on any atom is -0.310 e. The lowest BCUT2D eigenvalue weighted by Crippen LogP contribution is -2.60. The first-order chi connectivity index (χ1) is 32.4. The Morgan fingerprint density at radius 2 is 0.955 bits per heavy atom. The zero-order valence-corrected chi connectivity index (χ0v) is 36.9. The van der Waals surface area contributed by atoms with E-state index in [1.807, 2.05) is 0 Å². The molecular weight excluding hydrogens is 796 g/mol. The van der Waals surface area contributed by atoms with E-state index in [0.717, 1.165) is 0 Å². The molecule has 0 bridgehead atoms. The Bertz CT molecular complexity index is 4160. The van der Waals surface area contributed by atoms with Gasteiger partial charge in [0.1, 0.15) is 0 Å². The number of aromatic nitrogens is 2. The van der Waals surface area contributed by atoms with Crippen LogP contribution in [0.2, 0.25) is 0 Å². The van der Waals surface area contributed by atoms with Gasteiger partial charge in [0, 0.05) is 43.8 Å². The zero-order valence-electron chi connectivity index (χ0n) is 36.9. The average molecular weight is 837 g/mol. The number of fused-ring (bicyclic) bond motifs is 15. The molecule has 4 aliphatic rings. The van der Waals surface area contributed by atoms with Crippen LogP contribution in [-0.2, 0) is 10.8 Å². The van der Waals surface area contributed by atoms with Crippen molar-refractivity contribution in [2.75, 3.05) is 0 Å². The second-order valence-electron chi connectivity index (χ2n) is 20.3. The molecule has 12 aromatic rings. The lowest BCUT2D eigenvalue weighted by Gasteiger charge is -2.44. The van der Waals surface area contributed by atoms with Gasteiger partial charge < -0.3 is 9.13 Å². The quantitative estimate of drug-likeness (QED) is 0.154. The van der Waals surface area contributed by atoms with E-state index in [4.69, 9.17) is 0 Å². The summed E-state index contributed by atoms with van der Waals surface area (Å²) < 4.78 is 5.38. The average Bonchev–Trinajstić information content (AvgIpc) is 3.99. The lowest BCUT2D eigenvalue weighted by atomic mass is 9.33. The summed E-state index contributed by atoms with van der Waals surface area (Å²) >= 11 is 0. The van der Waals surface area contributed by atoms with Crippen LogP contribution in [0.15, 0.2) is 194 Å². The second kappa shape index (κ2) is 11.9. The molecule has 1 spiro atoms. The minimum atomic E-state index is -0.549. The first kappa shape index (κ1) is 35.5. The number of hydrogen-bond acceptors (Lipinski definition) is 0. The summed E-state index contributed by atoms with van der Waals surface area (Å²) in [4.78, 5) is 0. The molecule has 0 unspecified atom stereocenters. The van der Waals surface area contributed by atoms with Crippen molar-refractivity contribution in [3.8, 4) is 44.8 Å². The van der Waals surface area contributed by atoms with Crippen LogP contribution in [0, 0.1) is 0 Å². The molecule has 0 N–H and O–H groups in total. The topological polar surface area (TPSA) is 9.86 Å². The highest BCUT2D eigenvalue weighted by Crippen LogP contribution is 2.62. The van der Waals surface area contributed by atoms with Gasteiger partial charge in [-0.15, -0.1) is 0 Å². The van der Waals surface area contributed by atoms with E-state index in [1.54, 1.807) is 0 Å². The van der Waals surface area contributed by atoms with E-state index in [9.17, 15) is 0 Å². The fraction of sp³-hybridized carbons (Fsp3) is 0.0794. The van der Waals surface area contributed by atoms with Crippen LogP contribution in [0.3, 0.4) is 0 Å². The van der Waals surface area contributed by atoms with Gasteiger partial charge in [-0.25, -0.2) is 0 Å². The fourth-order valence-electron chi connectivity index (χ4n) is 13.6. The van der Waals surface area contributed by atoms with Crippen molar-refractivity contribution in [1.29, 1.82) is 0 Å². The van der Waals surface area contributed by atoms with Gasteiger partial charge >= 0.3 is 0 Å². The number of benzene rings is 10. The van der Waals surface area contributed by atoms with E-state index >= 15 is 0 Å². The number of para-hydroxylation sites is 4. The van der Waals surface area contributed by atoms with Crippen LogP contribution >= 0.6 is 0 Å². The first-order valence-electron chi connectivity index (χ1n) is 23.5. The van der Waals surface area contributed by atoms with Gasteiger partial charge in [0.25, 0.3) is 6.71 Å². The van der Waals surface area contributed by atoms with Crippen LogP contribution in [-0.4, -0.2) is 15.8 Å². The van der Waals surface area contributed by atoms with Gasteiger partial charge in [-0.2, -0.15) is 0 Å². The summed E-state index contributed by atoms with van der Waals surface area (Å²) in [5.74, 6) is 0. The van der Waals surface area contributed by atoms with E-state index in [-0.39, 0.29) is 12.1 Å². The third-order valence-corrected chi connectivity index (χ3v) is 16.2. The predicted octanol–water partition coefficient (Wildman–Crippen LogP) is 13.5. The van der Waals surface area contributed by atoms with Crippen LogP contribution < -0.4 is 16.4 Å². The predicted molar refractivity (Wildman–Crippen MR) is 278 cm³/mol. The van der Waals surface area contributed by atoms with Crippen molar-refractivity contribution in [2.45, 2.75) is 31.6 Å². The van der Waals surface area contributed by atoms with Crippen LogP contribution in [0.1, 0.15) is 48.6 Å². The largest absolute Gasteiger partial charge is 0.310 e. The van der Waals surface area contributed by atoms with Gasteiger partial charge in [-0.05, 0) is 112 Å². The van der Waals surface area contributed by atoms with Crippen molar-refractivity contribution in [3.05, 3.63) is 222 Å². The molecule has 0 saturated carbocycles. The molecule has 0 fully saturated rings. The molecule has 10 aromatic carbocycles. The maximum absolute atomic E-state index is 2.72. The third-order valence-electron chi connectivity index (χ3n) is 16.2. The van der Waals surface area contributed by atoms with Gasteiger partial charge in [0.2, 0.25) is 0 Å². The van der Waals surface area contributed by atoms with Crippen molar-refractivity contribution < 1.29 is 0 Å². The van der Waals surface area contributed by atoms with Gasteiger partial charge in [-0.1, -0.05) is 191 Å². The third kappa shape index (κ3) is 4.05. The molecule has 0 atom stereocenters. The van der Waals surface area contributed by atoms with Crippen molar-refractivity contribution in [1.82, 2.24) is 9.13 Å². The summed E-state index contributed by atoms with van der Waals surface area (Å²) in [6.45, 7) is 6.89. The highest BCUT2D eigenvalue weighted by Gasteiger charge is 2.54. The molecule has 2 aromatic heterocycles. The molecule has 5 heterocycles. The summed E-state index contributed by atoms with van der Waals surface area (Å²) in [7, 11) is 0. The SMILES string of the molecule is CC(C)(C)c1ccc(-c2ccc3ccc(-c4cc5c6c7c4-n4c8ccccc8c8cccc(c84)B7c4cccc7c8cccc(c8n-6c47)C54c5ccccc5-c5ccccc54)cc3c2)cc1. The molecule has 16 rings (SSSR count). The Morgan fingerprint density at radius 3 is 1.68 bits per heavy atom. The summed E-state index contributed by atoms with van der Waals surface area (Å²) in [6.07, 6.45) is 0. The summed E-state index contributed by atoms with van der Waals surface area (Å²) in [5, 5.41) is 7.76. The zero-order chi connectivity index (χ0) is 43.4. The van der Waals surface area contributed by atoms with Crippen molar-refractivity contribution in [3.63, 3.8) is 0 Å². The molecule has 0 amide bonds. The van der Waals surface area contributed by atoms with E-state index in [2.05, 4.69) is 224 Å². The van der Waals surface area contributed by atoms with Gasteiger partial charge in [0.15, 0.2) is 0 Å². The van der Waals surface area contributed by atoms with E-state index < -0.39 is 5.41 Å². The van der Waals surface area contributed by atoms with Gasteiger partial charge in [0.05, 0.1) is 22.1 Å². The molecule has 2 nitrogen and oxygen atoms in total. The molecular formula is C63H41BN2. The minimum absolute atomic E-state index is 0.0309. The Balaban J connectivity index is 1.10. The Morgan fingerprint density at radius 1 is 0.394 bits per heavy atom. The number of rotatable bonds is 2. The van der Waals surface area contributed by atoms with Crippen molar-refractivity contribution in [2.24, 2.45) is 0 Å². The molecule has 1 aliphatic carbocycles. The van der Waals surface area contributed by atoms with Gasteiger partial charge in [-0.3, -0.25) is 0 Å². The van der Waals surface area contributed by atoms with E-state index in [1.165, 1.54) is 143 Å². The van der Waals surface area contributed by atoms with Crippen LogP contribution in [0.25, 0.3) is 99.1 Å². The standard InChI is InChI=1S/C63H41BN2/c1-62(2,3)41-31-29-36(30-32-41)38-27-25-37-26-28-39(34-40(37)33-38)48-35-52-61-56-60(48)65-55-24-9-6-15-44(55)45-17-11-22-53(58(45)65)64(56)54-23-12-18-47-46-16-10-21-51(57(46)66(61)59(47)54)63(52)49-19-7-4-13-42(49)43-14-5-8-20-50(43)63/h4-35H,1-3H3. The normalized spacial score (nSPS) is 14.4. The molecule has 0 radical (unpaired) electrons. The lowest BCUT2D eigenvalue weighted by molar-refractivity contribution is 0.590. The maximum atomic E-state index is 2.72. The smallest absolute Gasteiger partial charge is 0.252 e. The van der Waals surface area contributed by atoms with Crippen LogP contribution in [0.5, 0.6) is 0 Å². The fourth-order valence-corrected chi connectivity index (χ4v) is 13.6. The Labute approximate surface area is 383 Å². The van der Waals surface area contributed by atoms with Crippen LogP contribution in [0.4, 0.5) is 0 Å². The first-order valence-corrected chi connectivity index (χ1v) is 23.5. The Hall–Kier alpha value is -7.88. The molecule has 66 heavy (non-hydrogen) atoms. The molecule has 0 saturated heterocycles. The molecule has 306 valence electrons. The molecule has 3 aliphatic heterocycles. The second-order valence-corrected chi connectivity index (χ2v) is 20.3. The number of hydrogen-bond donors (Lipinski definition) is 0. The summed E-state index contributed by atoms with van der Waals surface area (Å²) in [6, 6.07) is 75.1.